The first-order valence-corrected chi connectivity index (χ1v) is 4.42. The smallest absolute Gasteiger partial charge is 0.191 e. The van der Waals surface area contributed by atoms with Crippen LogP contribution < -0.4 is 0 Å². The van der Waals surface area contributed by atoms with Crippen LogP contribution in [0.3, 0.4) is 0 Å². The van der Waals surface area contributed by atoms with Crippen LogP contribution in [0.5, 0.6) is 0 Å². The molecule has 3 nitrogen and oxygen atoms in total. The highest BCUT2D eigenvalue weighted by Crippen LogP contribution is 2.22. The van der Waals surface area contributed by atoms with Crippen LogP contribution in [0.2, 0.25) is 0 Å². The van der Waals surface area contributed by atoms with Gasteiger partial charge in [-0.1, -0.05) is 24.3 Å². The molecule has 0 unspecified atom stereocenters. The fourth-order valence-electron chi connectivity index (χ4n) is 1.40. The summed E-state index contributed by atoms with van der Waals surface area (Å²) in [4.78, 5) is 4.21. The van der Waals surface area contributed by atoms with Crippen LogP contribution in [-0.2, 0) is 6.61 Å². The molecule has 72 valence electrons. The molecule has 0 radical (unpaired) electrons. The van der Waals surface area contributed by atoms with Gasteiger partial charge in [0.15, 0.2) is 5.89 Å². The molecule has 0 aliphatic rings. The second-order valence-electron chi connectivity index (χ2n) is 3.07. The summed E-state index contributed by atoms with van der Waals surface area (Å²) in [7, 11) is 0. The Hall–Kier alpha value is -1.61. The Morgan fingerprint density at radius 3 is 2.79 bits per heavy atom. The molecule has 0 atom stereocenters. The molecule has 3 heteroatoms. The molecule has 1 heterocycles. The number of nitrogens with zero attached hydrogens (tertiary/aromatic N) is 1. The molecule has 0 saturated carbocycles. The van der Waals surface area contributed by atoms with E-state index in [1.807, 2.05) is 24.3 Å². The van der Waals surface area contributed by atoms with Crippen LogP contribution in [0.1, 0.15) is 11.5 Å². The van der Waals surface area contributed by atoms with E-state index in [9.17, 15) is 0 Å². The maximum atomic E-state index is 9.13. The van der Waals surface area contributed by atoms with E-state index in [1.165, 1.54) is 0 Å². The van der Waals surface area contributed by atoms with Crippen LogP contribution in [0.15, 0.2) is 34.9 Å². The Kier molecular flexibility index (Phi) is 2.33. The minimum absolute atomic E-state index is 0.0160. The molecule has 0 aliphatic heterocycles. The number of aliphatic hydroxyl groups is 1. The molecule has 0 amide bonds. The maximum absolute atomic E-state index is 9.13. The molecular formula is C11H11NO2. The van der Waals surface area contributed by atoms with E-state index in [0.717, 1.165) is 16.8 Å². The fourth-order valence-corrected chi connectivity index (χ4v) is 1.40. The van der Waals surface area contributed by atoms with E-state index in [0.29, 0.717) is 5.89 Å². The summed E-state index contributed by atoms with van der Waals surface area (Å²) < 4.78 is 5.13. The Balaban J connectivity index is 2.50. The molecule has 1 aromatic heterocycles. The molecule has 2 rings (SSSR count). The zero-order valence-electron chi connectivity index (χ0n) is 7.90. The molecule has 0 bridgehead atoms. The largest absolute Gasteiger partial charge is 0.449 e. The van der Waals surface area contributed by atoms with Crippen molar-refractivity contribution in [3.63, 3.8) is 0 Å². The SMILES string of the molecule is Cc1nc(-c2ccccc2CO)co1. The zero-order valence-corrected chi connectivity index (χ0v) is 7.90. The average Bonchev–Trinajstić information content (AvgIpc) is 2.65. The van der Waals surface area contributed by atoms with Gasteiger partial charge in [-0.05, 0) is 5.56 Å². The number of aryl methyl sites for hydroxylation is 1. The summed E-state index contributed by atoms with van der Waals surface area (Å²) in [6.07, 6.45) is 1.60. The Morgan fingerprint density at radius 2 is 2.14 bits per heavy atom. The Morgan fingerprint density at radius 1 is 1.36 bits per heavy atom. The second kappa shape index (κ2) is 3.64. The highest BCUT2D eigenvalue weighted by molar-refractivity contribution is 5.62. The number of benzene rings is 1. The van der Waals surface area contributed by atoms with Gasteiger partial charge in [0, 0.05) is 12.5 Å². The molecule has 0 fully saturated rings. The van der Waals surface area contributed by atoms with Gasteiger partial charge in [-0.3, -0.25) is 0 Å². The van der Waals surface area contributed by atoms with Crippen molar-refractivity contribution in [1.29, 1.82) is 0 Å². The quantitative estimate of drug-likeness (QED) is 0.787. The topological polar surface area (TPSA) is 46.3 Å². The number of aliphatic hydroxyl groups excluding tert-OH is 1. The standard InChI is InChI=1S/C11H11NO2/c1-8-12-11(7-14-8)10-5-3-2-4-9(10)6-13/h2-5,7,13H,6H2,1H3. The van der Waals surface area contributed by atoms with Crippen molar-refractivity contribution in [2.45, 2.75) is 13.5 Å². The van der Waals surface area contributed by atoms with E-state index < -0.39 is 0 Å². The van der Waals surface area contributed by atoms with E-state index in [2.05, 4.69) is 4.98 Å². The average molecular weight is 189 g/mol. The second-order valence-corrected chi connectivity index (χ2v) is 3.07. The van der Waals surface area contributed by atoms with Gasteiger partial charge in [0.25, 0.3) is 0 Å². The third-order valence-electron chi connectivity index (χ3n) is 2.08. The molecule has 1 N–H and O–H groups in total. The molecule has 0 saturated heterocycles. The van der Waals surface area contributed by atoms with E-state index in [-0.39, 0.29) is 6.61 Å². The van der Waals surface area contributed by atoms with Crippen molar-refractivity contribution >= 4 is 0 Å². The van der Waals surface area contributed by atoms with Gasteiger partial charge in [-0.15, -0.1) is 0 Å². The lowest BCUT2D eigenvalue weighted by Gasteiger charge is -2.02. The van der Waals surface area contributed by atoms with Crippen LogP contribution in [-0.4, -0.2) is 10.1 Å². The van der Waals surface area contributed by atoms with E-state index in [4.69, 9.17) is 9.52 Å². The van der Waals surface area contributed by atoms with Crippen molar-refractivity contribution in [1.82, 2.24) is 4.98 Å². The lowest BCUT2D eigenvalue weighted by molar-refractivity contribution is 0.282. The van der Waals surface area contributed by atoms with Crippen molar-refractivity contribution in [2.24, 2.45) is 0 Å². The Labute approximate surface area is 82.0 Å². The molecular weight excluding hydrogens is 178 g/mol. The predicted molar refractivity (Wildman–Crippen MR) is 52.6 cm³/mol. The molecule has 1 aromatic carbocycles. The summed E-state index contributed by atoms with van der Waals surface area (Å²) in [5.41, 5.74) is 2.56. The maximum Gasteiger partial charge on any atom is 0.191 e. The lowest BCUT2D eigenvalue weighted by atomic mass is 10.1. The van der Waals surface area contributed by atoms with Crippen LogP contribution >= 0.6 is 0 Å². The van der Waals surface area contributed by atoms with Crippen LogP contribution in [0.25, 0.3) is 11.3 Å². The van der Waals surface area contributed by atoms with Crippen LogP contribution in [0.4, 0.5) is 0 Å². The zero-order chi connectivity index (χ0) is 9.97. The van der Waals surface area contributed by atoms with Gasteiger partial charge in [-0.2, -0.15) is 0 Å². The first-order valence-electron chi connectivity index (χ1n) is 4.42. The molecule has 14 heavy (non-hydrogen) atoms. The first-order chi connectivity index (χ1) is 6.81. The van der Waals surface area contributed by atoms with Crippen LogP contribution in [0, 0.1) is 6.92 Å². The summed E-state index contributed by atoms with van der Waals surface area (Å²) in [5, 5.41) is 9.13. The number of oxazole rings is 1. The highest BCUT2D eigenvalue weighted by atomic mass is 16.3. The predicted octanol–water partition coefficient (Wildman–Crippen LogP) is 2.14. The molecule has 0 aliphatic carbocycles. The van der Waals surface area contributed by atoms with Crippen molar-refractivity contribution < 1.29 is 9.52 Å². The highest BCUT2D eigenvalue weighted by Gasteiger charge is 2.06. The first kappa shape index (κ1) is 8.97. The van der Waals surface area contributed by atoms with Gasteiger partial charge < -0.3 is 9.52 Å². The summed E-state index contributed by atoms with van der Waals surface area (Å²) >= 11 is 0. The lowest BCUT2D eigenvalue weighted by Crippen LogP contribution is -1.88. The summed E-state index contributed by atoms with van der Waals surface area (Å²) in [6.45, 7) is 1.81. The van der Waals surface area contributed by atoms with Crippen molar-refractivity contribution in [2.75, 3.05) is 0 Å². The minimum Gasteiger partial charge on any atom is -0.449 e. The normalized spacial score (nSPS) is 10.4. The van der Waals surface area contributed by atoms with Gasteiger partial charge in [0.2, 0.25) is 0 Å². The van der Waals surface area contributed by atoms with Crippen molar-refractivity contribution in [3.05, 3.63) is 42.0 Å². The van der Waals surface area contributed by atoms with E-state index in [1.54, 1.807) is 13.2 Å². The monoisotopic (exact) mass is 189 g/mol. The fraction of sp³-hybridized carbons (Fsp3) is 0.182. The van der Waals surface area contributed by atoms with Crippen molar-refractivity contribution in [3.8, 4) is 11.3 Å². The van der Waals surface area contributed by atoms with Gasteiger partial charge in [-0.25, -0.2) is 4.98 Å². The van der Waals surface area contributed by atoms with Gasteiger partial charge >= 0.3 is 0 Å². The number of aromatic nitrogens is 1. The van der Waals surface area contributed by atoms with E-state index >= 15 is 0 Å². The summed E-state index contributed by atoms with van der Waals surface area (Å²) in [5.74, 6) is 0.632. The number of hydrogen-bond donors (Lipinski definition) is 1. The molecule has 0 spiro atoms. The summed E-state index contributed by atoms with van der Waals surface area (Å²) in [6, 6.07) is 7.60. The number of rotatable bonds is 2. The van der Waals surface area contributed by atoms with Gasteiger partial charge in [0.05, 0.1) is 6.61 Å². The minimum atomic E-state index is 0.0160. The van der Waals surface area contributed by atoms with Gasteiger partial charge in [0.1, 0.15) is 12.0 Å². The Bertz CT molecular complexity index is 434. The third-order valence-corrected chi connectivity index (χ3v) is 2.08. The molecule has 2 aromatic rings. The number of hydrogen-bond acceptors (Lipinski definition) is 3. The third kappa shape index (κ3) is 1.54.